The lowest BCUT2D eigenvalue weighted by atomic mass is 10.1. The number of aromatic carboxylic acids is 1. The van der Waals surface area contributed by atoms with Gasteiger partial charge in [0.2, 0.25) is 0 Å². The first-order valence-corrected chi connectivity index (χ1v) is 3.87. The molecule has 13 heavy (non-hydrogen) atoms. The van der Waals surface area contributed by atoms with Gasteiger partial charge < -0.3 is 15.9 Å². The van der Waals surface area contributed by atoms with E-state index in [1.54, 1.807) is 6.07 Å². The van der Waals surface area contributed by atoms with Gasteiger partial charge in [-0.25, -0.2) is 4.79 Å². The third-order valence-electron chi connectivity index (χ3n) is 1.77. The predicted molar refractivity (Wildman–Crippen MR) is 48.6 cm³/mol. The van der Waals surface area contributed by atoms with E-state index in [4.69, 9.17) is 15.9 Å². The number of carbonyl (C=O) groups is 1. The van der Waals surface area contributed by atoms with Crippen LogP contribution >= 0.6 is 0 Å². The van der Waals surface area contributed by atoms with E-state index in [0.29, 0.717) is 12.1 Å². The zero-order valence-corrected chi connectivity index (χ0v) is 7.03. The SMILES string of the molecule is Nc1cc(C(=O)O)ccc1CCO. The van der Waals surface area contributed by atoms with Crippen LogP contribution in [0.5, 0.6) is 0 Å². The first kappa shape index (κ1) is 9.54. The van der Waals surface area contributed by atoms with E-state index in [1.165, 1.54) is 12.1 Å². The molecule has 0 radical (unpaired) electrons. The first-order valence-electron chi connectivity index (χ1n) is 3.87. The van der Waals surface area contributed by atoms with E-state index in [-0.39, 0.29) is 12.2 Å². The maximum atomic E-state index is 10.5. The molecule has 0 aliphatic carbocycles. The van der Waals surface area contributed by atoms with Crippen LogP contribution in [0.4, 0.5) is 5.69 Å². The van der Waals surface area contributed by atoms with Crippen molar-refractivity contribution in [3.8, 4) is 0 Å². The molecule has 0 aliphatic heterocycles. The van der Waals surface area contributed by atoms with Crippen molar-refractivity contribution in [3.63, 3.8) is 0 Å². The highest BCUT2D eigenvalue weighted by Gasteiger charge is 2.05. The molecule has 1 aromatic rings. The highest BCUT2D eigenvalue weighted by molar-refractivity contribution is 5.88. The van der Waals surface area contributed by atoms with E-state index in [2.05, 4.69) is 0 Å². The highest BCUT2D eigenvalue weighted by Crippen LogP contribution is 2.14. The summed E-state index contributed by atoms with van der Waals surface area (Å²) in [6.45, 7) is 0.0105. The third kappa shape index (κ3) is 2.19. The number of carboxylic acids is 1. The third-order valence-corrected chi connectivity index (χ3v) is 1.77. The molecular weight excluding hydrogens is 170 g/mol. The fourth-order valence-corrected chi connectivity index (χ4v) is 1.08. The molecule has 0 aromatic heterocycles. The number of hydrogen-bond donors (Lipinski definition) is 3. The Bertz CT molecular complexity index is 323. The summed E-state index contributed by atoms with van der Waals surface area (Å²) >= 11 is 0. The summed E-state index contributed by atoms with van der Waals surface area (Å²) in [6.07, 6.45) is 0.450. The largest absolute Gasteiger partial charge is 0.478 e. The molecule has 0 heterocycles. The van der Waals surface area contributed by atoms with Crippen molar-refractivity contribution in [1.29, 1.82) is 0 Å². The molecule has 0 saturated heterocycles. The minimum absolute atomic E-state index is 0.0105. The second-order valence-electron chi connectivity index (χ2n) is 2.69. The monoisotopic (exact) mass is 181 g/mol. The molecule has 0 bridgehead atoms. The average molecular weight is 181 g/mol. The lowest BCUT2D eigenvalue weighted by Gasteiger charge is -2.04. The minimum atomic E-state index is -0.998. The summed E-state index contributed by atoms with van der Waals surface area (Å²) in [4.78, 5) is 10.5. The number of anilines is 1. The molecule has 0 amide bonds. The van der Waals surface area contributed by atoms with Crippen LogP contribution < -0.4 is 5.73 Å². The molecular formula is C9H11NO3. The van der Waals surface area contributed by atoms with Crippen LogP contribution in [0.15, 0.2) is 18.2 Å². The van der Waals surface area contributed by atoms with Crippen LogP contribution in [0.3, 0.4) is 0 Å². The van der Waals surface area contributed by atoms with Crippen LogP contribution in [0, 0.1) is 0 Å². The summed E-state index contributed by atoms with van der Waals surface area (Å²) in [6, 6.07) is 4.49. The minimum Gasteiger partial charge on any atom is -0.478 e. The van der Waals surface area contributed by atoms with Gasteiger partial charge in [0.15, 0.2) is 0 Å². The van der Waals surface area contributed by atoms with Gasteiger partial charge in [0.25, 0.3) is 0 Å². The average Bonchev–Trinajstić information content (AvgIpc) is 2.08. The van der Waals surface area contributed by atoms with Gasteiger partial charge >= 0.3 is 5.97 Å². The number of hydrogen-bond acceptors (Lipinski definition) is 3. The van der Waals surface area contributed by atoms with Crippen LogP contribution in [0.25, 0.3) is 0 Å². The number of nitrogen functional groups attached to an aromatic ring is 1. The quantitative estimate of drug-likeness (QED) is 0.593. The zero-order chi connectivity index (χ0) is 9.84. The van der Waals surface area contributed by atoms with Gasteiger partial charge in [-0.15, -0.1) is 0 Å². The molecule has 4 N–H and O–H groups in total. The molecule has 0 atom stereocenters. The van der Waals surface area contributed by atoms with Gasteiger partial charge in [-0.1, -0.05) is 6.07 Å². The Hall–Kier alpha value is -1.55. The zero-order valence-electron chi connectivity index (χ0n) is 7.03. The maximum absolute atomic E-state index is 10.5. The van der Waals surface area contributed by atoms with E-state index < -0.39 is 5.97 Å². The summed E-state index contributed by atoms with van der Waals surface area (Å²) in [5.74, 6) is -0.998. The van der Waals surface area contributed by atoms with Gasteiger partial charge in [0.1, 0.15) is 0 Å². The Morgan fingerprint density at radius 1 is 1.46 bits per heavy atom. The summed E-state index contributed by atoms with van der Waals surface area (Å²) < 4.78 is 0. The Labute approximate surface area is 75.6 Å². The van der Waals surface area contributed by atoms with Gasteiger partial charge in [-0.3, -0.25) is 0 Å². The van der Waals surface area contributed by atoms with E-state index in [1.807, 2.05) is 0 Å². The molecule has 0 spiro atoms. The van der Waals surface area contributed by atoms with Crippen LogP contribution in [-0.4, -0.2) is 22.8 Å². The van der Waals surface area contributed by atoms with Crippen molar-refractivity contribution in [2.24, 2.45) is 0 Å². The summed E-state index contributed by atoms with van der Waals surface area (Å²) in [5, 5.41) is 17.3. The van der Waals surface area contributed by atoms with Crippen molar-refractivity contribution < 1.29 is 15.0 Å². The standard InChI is InChI=1S/C9H11NO3/c10-8-5-7(9(12)13)2-1-6(8)3-4-11/h1-2,5,11H,3-4,10H2,(H,12,13). The van der Waals surface area contributed by atoms with Crippen molar-refractivity contribution in [1.82, 2.24) is 0 Å². The fraction of sp³-hybridized carbons (Fsp3) is 0.222. The van der Waals surface area contributed by atoms with Gasteiger partial charge in [-0.2, -0.15) is 0 Å². The van der Waals surface area contributed by atoms with Crippen LogP contribution in [-0.2, 0) is 6.42 Å². The number of aliphatic hydroxyl groups is 1. The number of nitrogens with two attached hydrogens (primary N) is 1. The molecule has 0 unspecified atom stereocenters. The molecule has 0 fully saturated rings. The molecule has 4 nitrogen and oxygen atoms in total. The summed E-state index contributed by atoms with van der Waals surface area (Å²) in [7, 11) is 0. The lowest BCUT2D eigenvalue weighted by Crippen LogP contribution is -2.02. The highest BCUT2D eigenvalue weighted by atomic mass is 16.4. The van der Waals surface area contributed by atoms with Crippen molar-refractivity contribution >= 4 is 11.7 Å². The molecule has 0 aliphatic rings. The Morgan fingerprint density at radius 3 is 2.62 bits per heavy atom. The van der Waals surface area contributed by atoms with Crippen LogP contribution in [0.1, 0.15) is 15.9 Å². The van der Waals surface area contributed by atoms with Crippen LogP contribution in [0.2, 0.25) is 0 Å². The predicted octanol–water partition coefficient (Wildman–Crippen LogP) is 0.502. The topological polar surface area (TPSA) is 83.6 Å². The van der Waals surface area contributed by atoms with Gasteiger partial charge in [-0.05, 0) is 24.1 Å². The lowest BCUT2D eigenvalue weighted by molar-refractivity contribution is 0.0697. The van der Waals surface area contributed by atoms with Crippen molar-refractivity contribution in [3.05, 3.63) is 29.3 Å². The Balaban J connectivity index is 2.98. The van der Waals surface area contributed by atoms with Gasteiger partial charge in [0, 0.05) is 12.3 Å². The Kier molecular flexibility index (Phi) is 2.87. The van der Waals surface area contributed by atoms with Gasteiger partial charge in [0.05, 0.1) is 5.56 Å². The van der Waals surface area contributed by atoms with E-state index >= 15 is 0 Å². The number of carboxylic acid groups (broad SMARTS) is 1. The normalized spacial score (nSPS) is 9.92. The molecule has 4 heteroatoms. The second-order valence-corrected chi connectivity index (χ2v) is 2.69. The second kappa shape index (κ2) is 3.91. The number of rotatable bonds is 3. The molecule has 0 saturated carbocycles. The fourth-order valence-electron chi connectivity index (χ4n) is 1.08. The Morgan fingerprint density at radius 2 is 2.15 bits per heavy atom. The van der Waals surface area contributed by atoms with Crippen molar-refractivity contribution in [2.75, 3.05) is 12.3 Å². The summed E-state index contributed by atoms with van der Waals surface area (Å²) in [5.41, 5.74) is 6.92. The molecule has 70 valence electrons. The maximum Gasteiger partial charge on any atom is 0.335 e. The van der Waals surface area contributed by atoms with Crippen molar-refractivity contribution in [2.45, 2.75) is 6.42 Å². The smallest absolute Gasteiger partial charge is 0.335 e. The number of aliphatic hydroxyl groups excluding tert-OH is 1. The molecule has 1 rings (SSSR count). The van der Waals surface area contributed by atoms with E-state index in [0.717, 1.165) is 5.56 Å². The number of benzene rings is 1. The first-order chi connectivity index (χ1) is 6.15. The van der Waals surface area contributed by atoms with E-state index in [9.17, 15) is 4.79 Å². The molecule has 1 aromatic carbocycles.